The van der Waals surface area contributed by atoms with Crippen molar-refractivity contribution in [2.24, 2.45) is 7.05 Å². The lowest BCUT2D eigenvalue weighted by Crippen LogP contribution is -2.35. The van der Waals surface area contributed by atoms with E-state index in [4.69, 9.17) is 4.52 Å². The molecule has 2 aromatic heterocycles. The summed E-state index contributed by atoms with van der Waals surface area (Å²) in [7, 11) is 5.77. The molecule has 2 heterocycles. The molecule has 0 atom stereocenters. The number of rotatable bonds is 5. The van der Waals surface area contributed by atoms with Gasteiger partial charge in [-0.1, -0.05) is 0 Å². The van der Waals surface area contributed by atoms with Crippen molar-refractivity contribution in [2.45, 2.75) is 20.0 Å². The lowest BCUT2D eigenvalue weighted by molar-refractivity contribution is -0.793. The molecule has 0 saturated carbocycles. The molecule has 2 rings (SSSR count). The van der Waals surface area contributed by atoms with Crippen molar-refractivity contribution < 1.29 is 9.26 Å². The molecule has 0 fully saturated rings. The number of aromatic nitrogens is 3. The van der Waals surface area contributed by atoms with Gasteiger partial charge in [-0.25, -0.2) is 0 Å². The van der Waals surface area contributed by atoms with Crippen LogP contribution in [0.5, 0.6) is 0 Å². The average Bonchev–Trinajstić information content (AvgIpc) is 2.85. The maximum atomic E-state index is 5.68. The van der Waals surface area contributed by atoms with E-state index in [-0.39, 0.29) is 0 Å². The summed E-state index contributed by atoms with van der Waals surface area (Å²) in [5, 5.41) is 10.7. The first kappa shape index (κ1) is 12.8. The van der Waals surface area contributed by atoms with E-state index in [0.29, 0.717) is 0 Å². The Balaban J connectivity index is 2.38. The molecule has 6 heteroatoms. The van der Waals surface area contributed by atoms with Gasteiger partial charge in [0, 0.05) is 12.6 Å². The van der Waals surface area contributed by atoms with Gasteiger partial charge < -0.3 is 15.2 Å². The monoisotopic (exact) mass is 250 g/mol. The number of nitrogens with one attached hydrogen (secondary N) is 2. The van der Waals surface area contributed by atoms with Crippen molar-refractivity contribution in [1.82, 2.24) is 20.4 Å². The highest BCUT2D eigenvalue weighted by Crippen LogP contribution is 2.07. The molecule has 2 aromatic rings. The average molecular weight is 250 g/mol. The van der Waals surface area contributed by atoms with Crippen LogP contribution in [-0.2, 0) is 20.1 Å². The predicted molar refractivity (Wildman–Crippen MR) is 67.3 cm³/mol. The van der Waals surface area contributed by atoms with Crippen LogP contribution >= 0.6 is 0 Å². The predicted octanol–water partition coefficient (Wildman–Crippen LogP) is 0.0370. The smallest absolute Gasteiger partial charge is 0.314 e. The van der Waals surface area contributed by atoms with E-state index in [0.717, 1.165) is 36.1 Å². The van der Waals surface area contributed by atoms with Crippen LogP contribution in [0.25, 0.3) is 5.82 Å². The zero-order chi connectivity index (χ0) is 13.1. The summed E-state index contributed by atoms with van der Waals surface area (Å²) in [6, 6.07) is 4.04. The molecular weight excluding hydrogens is 230 g/mol. The minimum Gasteiger partial charge on any atom is -0.314 e. The van der Waals surface area contributed by atoms with E-state index in [1.165, 1.54) is 0 Å². The van der Waals surface area contributed by atoms with Crippen LogP contribution in [0.1, 0.15) is 17.1 Å². The summed E-state index contributed by atoms with van der Waals surface area (Å²) in [5.74, 6) is 1.68. The maximum Gasteiger partial charge on any atom is 0.389 e. The zero-order valence-electron chi connectivity index (χ0n) is 11.3. The van der Waals surface area contributed by atoms with Gasteiger partial charge in [-0.05, 0) is 25.8 Å². The maximum absolute atomic E-state index is 5.68. The first-order valence-corrected chi connectivity index (χ1v) is 6.00. The van der Waals surface area contributed by atoms with Gasteiger partial charge >= 0.3 is 5.82 Å². The summed E-state index contributed by atoms with van der Waals surface area (Å²) in [5.41, 5.74) is 2.17. The Morgan fingerprint density at radius 2 is 2.00 bits per heavy atom. The highest BCUT2D eigenvalue weighted by molar-refractivity contribution is 5.16. The van der Waals surface area contributed by atoms with E-state index in [9.17, 15) is 0 Å². The third-order valence-corrected chi connectivity index (χ3v) is 2.75. The quantitative estimate of drug-likeness (QED) is 0.736. The normalized spacial score (nSPS) is 11.1. The van der Waals surface area contributed by atoms with E-state index in [1.807, 2.05) is 44.9 Å². The highest BCUT2D eigenvalue weighted by Gasteiger charge is 2.22. The Hall–Kier alpha value is -1.66. The Morgan fingerprint density at radius 1 is 1.28 bits per heavy atom. The standard InChI is InChI=1S/C12H20N5O/c1-9-5-11(8-14-3)17(18-9)12-6-10(7-13-2)16(4)15-12/h5-6,13-14H,7-8H2,1-4H3/q+1. The molecule has 0 aliphatic carbocycles. The Bertz CT molecular complexity index is 529. The molecule has 0 aliphatic heterocycles. The van der Waals surface area contributed by atoms with Gasteiger partial charge in [0.05, 0.1) is 30.5 Å². The highest BCUT2D eigenvalue weighted by atomic mass is 16.5. The first-order valence-electron chi connectivity index (χ1n) is 6.00. The lowest BCUT2D eigenvalue weighted by atomic mass is 10.3. The summed E-state index contributed by atoms with van der Waals surface area (Å²) in [6.45, 7) is 3.47. The van der Waals surface area contributed by atoms with Crippen LogP contribution in [0.3, 0.4) is 0 Å². The van der Waals surface area contributed by atoms with Crippen LogP contribution in [-0.4, -0.2) is 23.9 Å². The Morgan fingerprint density at radius 3 is 2.67 bits per heavy atom. The van der Waals surface area contributed by atoms with Crippen molar-refractivity contribution in [3.63, 3.8) is 0 Å². The van der Waals surface area contributed by atoms with Crippen LogP contribution in [0.2, 0.25) is 0 Å². The van der Waals surface area contributed by atoms with Gasteiger partial charge in [0.1, 0.15) is 0 Å². The lowest BCUT2D eigenvalue weighted by Gasteiger charge is -1.93. The molecule has 0 unspecified atom stereocenters. The second-order valence-electron chi connectivity index (χ2n) is 4.31. The second-order valence-corrected chi connectivity index (χ2v) is 4.31. The largest absolute Gasteiger partial charge is 0.389 e. The fourth-order valence-corrected chi connectivity index (χ4v) is 1.96. The van der Waals surface area contributed by atoms with Gasteiger partial charge in [-0.2, -0.15) is 4.68 Å². The van der Waals surface area contributed by atoms with Crippen molar-refractivity contribution in [3.8, 4) is 5.82 Å². The minimum atomic E-state index is 0.745. The van der Waals surface area contributed by atoms with Crippen LogP contribution in [0.15, 0.2) is 16.7 Å². The number of hydrogen-bond donors (Lipinski definition) is 2. The van der Waals surface area contributed by atoms with Gasteiger partial charge in [-0.15, -0.1) is 0 Å². The summed E-state index contributed by atoms with van der Waals surface area (Å²) in [6.07, 6.45) is 0. The molecule has 2 N–H and O–H groups in total. The van der Waals surface area contributed by atoms with Crippen molar-refractivity contribution in [2.75, 3.05) is 14.1 Å². The van der Waals surface area contributed by atoms with E-state index >= 15 is 0 Å². The molecule has 0 spiro atoms. The molecule has 0 bridgehead atoms. The van der Waals surface area contributed by atoms with E-state index in [1.54, 1.807) is 4.74 Å². The molecule has 18 heavy (non-hydrogen) atoms. The summed E-state index contributed by atoms with van der Waals surface area (Å²) in [4.78, 5) is 0. The molecule has 0 aromatic carbocycles. The summed E-state index contributed by atoms with van der Waals surface area (Å²) < 4.78 is 9.31. The van der Waals surface area contributed by atoms with Crippen molar-refractivity contribution in [3.05, 3.63) is 29.3 Å². The van der Waals surface area contributed by atoms with Crippen LogP contribution in [0, 0.1) is 6.92 Å². The molecule has 0 saturated heterocycles. The molecule has 0 radical (unpaired) electrons. The van der Waals surface area contributed by atoms with Gasteiger partial charge in [0.25, 0.3) is 0 Å². The van der Waals surface area contributed by atoms with Gasteiger partial charge in [-0.3, -0.25) is 0 Å². The van der Waals surface area contributed by atoms with E-state index < -0.39 is 0 Å². The van der Waals surface area contributed by atoms with Gasteiger partial charge in [0.15, 0.2) is 11.5 Å². The van der Waals surface area contributed by atoms with Crippen molar-refractivity contribution >= 4 is 0 Å². The zero-order valence-corrected chi connectivity index (χ0v) is 11.3. The summed E-state index contributed by atoms with van der Waals surface area (Å²) >= 11 is 0. The van der Waals surface area contributed by atoms with Crippen LogP contribution < -0.4 is 15.4 Å². The Kier molecular flexibility index (Phi) is 3.78. The van der Waals surface area contributed by atoms with E-state index in [2.05, 4.69) is 15.7 Å². The molecule has 98 valence electrons. The molecule has 6 nitrogen and oxygen atoms in total. The SMILES string of the molecule is CNCc1cc(-[n+]2oc(C)cc2CNC)nn1C. The molecular formula is C12H20N5O+. The molecule has 0 aliphatic rings. The third kappa shape index (κ3) is 2.44. The Labute approximate surface area is 107 Å². The third-order valence-electron chi connectivity index (χ3n) is 2.75. The second kappa shape index (κ2) is 5.32. The first-order chi connectivity index (χ1) is 8.65. The topological polar surface area (TPSA) is 58.9 Å². The fourth-order valence-electron chi connectivity index (χ4n) is 1.96. The fraction of sp³-hybridized carbons (Fsp3) is 0.500. The van der Waals surface area contributed by atoms with Crippen molar-refractivity contribution in [1.29, 1.82) is 0 Å². The molecule has 0 amide bonds. The van der Waals surface area contributed by atoms with Gasteiger partial charge in [0.2, 0.25) is 0 Å². The number of hydrogen-bond acceptors (Lipinski definition) is 4. The minimum absolute atomic E-state index is 0.745. The number of aryl methyl sites for hydroxylation is 2. The van der Waals surface area contributed by atoms with Crippen LogP contribution in [0.4, 0.5) is 0 Å². The number of nitrogens with zero attached hydrogens (tertiary/aromatic N) is 3.